The Labute approximate surface area is 313 Å². The van der Waals surface area contributed by atoms with E-state index in [0.717, 1.165) is 0 Å². The largest absolute Gasteiger partial charge is 0.497 e. The number of esters is 2. The summed E-state index contributed by atoms with van der Waals surface area (Å²) in [4.78, 5) is 25.6. The highest BCUT2D eigenvalue weighted by molar-refractivity contribution is 5.69. The lowest BCUT2D eigenvalue weighted by Gasteiger charge is -2.42. The minimum Gasteiger partial charge on any atom is -0.497 e. The van der Waals surface area contributed by atoms with Gasteiger partial charge in [-0.3, -0.25) is 9.59 Å². The summed E-state index contributed by atoms with van der Waals surface area (Å²) in [6, 6.07) is 18.0. The summed E-state index contributed by atoms with van der Waals surface area (Å²) in [6.45, 7) is 2.70. The van der Waals surface area contributed by atoms with Gasteiger partial charge in [-0.15, -0.1) is 0 Å². The lowest BCUT2D eigenvalue weighted by Crippen LogP contribution is -2.40. The van der Waals surface area contributed by atoms with Gasteiger partial charge in [-0.1, -0.05) is 18.2 Å². The molecule has 6 rings (SSSR count). The van der Waals surface area contributed by atoms with Crippen LogP contribution in [0.4, 0.5) is 0 Å². The molecule has 5 atom stereocenters. The highest BCUT2D eigenvalue weighted by atomic mass is 16.6. The van der Waals surface area contributed by atoms with Crippen LogP contribution in [0.3, 0.4) is 0 Å². The molecule has 2 aliphatic heterocycles. The van der Waals surface area contributed by atoms with Crippen LogP contribution in [0.25, 0.3) is 0 Å². The zero-order chi connectivity index (χ0) is 38.7. The van der Waals surface area contributed by atoms with Gasteiger partial charge in [0.2, 0.25) is 0 Å². The zero-order valence-corrected chi connectivity index (χ0v) is 31.7. The normalized spacial score (nSPS) is 19.8. The van der Waals surface area contributed by atoms with Crippen LogP contribution in [0.1, 0.15) is 59.8 Å². The molecule has 2 heterocycles. The van der Waals surface area contributed by atoms with Gasteiger partial charge in [0, 0.05) is 60.2 Å². The number of rotatable bonds is 12. The number of carbonyl (C=O) groups is 2. The molecule has 0 amide bonds. The minimum atomic E-state index is -0.970. The van der Waals surface area contributed by atoms with Crippen molar-refractivity contribution in [2.24, 2.45) is 0 Å². The summed E-state index contributed by atoms with van der Waals surface area (Å²) in [5, 5.41) is 0. The van der Waals surface area contributed by atoms with Gasteiger partial charge in [0.15, 0.2) is 41.3 Å². The molecule has 0 saturated carbocycles. The second kappa shape index (κ2) is 15.9. The van der Waals surface area contributed by atoms with E-state index in [1.165, 1.54) is 21.0 Å². The maximum Gasteiger partial charge on any atom is 0.303 e. The van der Waals surface area contributed by atoms with Crippen molar-refractivity contribution in [1.29, 1.82) is 0 Å². The van der Waals surface area contributed by atoms with Gasteiger partial charge >= 0.3 is 11.9 Å². The van der Waals surface area contributed by atoms with Crippen LogP contribution in [0.5, 0.6) is 51.7 Å². The summed E-state index contributed by atoms with van der Waals surface area (Å²) >= 11 is 0. The molecule has 0 saturated heterocycles. The van der Waals surface area contributed by atoms with Crippen molar-refractivity contribution in [2.45, 2.75) is 50.6 Å². The highest BCUT2D eigenvalue weighted by Crippen LogP contribution is 2.57. The van der Waals surface area contributed by atoms with Crippen LogP contribution < -0.4 is 42.6 Å². The number of hydrogen-bond acceptors (Lipinski definition) is 13. The summed E-state index contributed by atoms with van der Waals surface area (Å²) < 4.78 is 65.8. The molecule has 54 heavy (non-hydrogen) atoms. The van der Waals surface area contributed by atoms with Crippen molar-refractivity contribution in [2.75, 3.05) is 49.8 Å². The van der Waals surface area contributed by atoms with E-state index in [0.29, 0.717) is 79.6 Å². The van der Waals surface area contributed by atoms with Crippen molar-refractivity contribution < 1.29 is 61.7 Å². The van der Waals surface area contributed by atoms with E-state index in [2.05, 4.69) is 0 Å². The Morgan fingerprint density at radius 3 is 1.69 bits per heavy atom. The van der Waals surface area contributed by atoms with Gasteiger partial charge in [-0.25, -0.2) is 0 Å². The maximum atomic E-state index is 13.0. The summed E-state index contributed by atoms with van der Waals surface area (Å²) in [5.41, 5.74) is 3.18. The van der Waals surface area contributed by atoms with Gasteiger partial charge in [0.1, 0.15) is 34.9 Å². The fraction of sp³-hybridized carbons (Fsp3) is 0.366. The van der Waals surface area contributed by atoms with Crippen LogP contribution >= 0.6 is 0 Å². The van der Waals surface area contributed by atoms with Crippen molar-refractivity contribution in [3.63, 3.8) is 0 Å². The molecule has 0 aromatic heterocycles. The average molecular weight is 745 g/mol. The molecule has 286 valence electrons. The van der Waals surface area contributed by atoms with Crippen molar-refractivity contribution in [3.8, 4) is 51.7 Å². The predicted molar refractivity (Wildman–Crippen MR) is 195 cm³/mol. The van der Waals surface area contributed by atoms with Gasteiger partial charge in [-0.05, 0) is 30.3 Å². The standard InChI is InChI=1S/C41H44O13/c1-21(42)51-35-19-27-30(47-6)20-34(50-9)37(40(27)54-38(35)23-10-14-28(45-4)32(16-23)48-7)36-26-13-12-25(44-3)18-31(26)53-39(41(36)52-22(2)43)24-11-15-29(46-5)33(17-24)49-8/h10-18,20,35-36,38-39,41H,19H2,1-9H3/t35-,36+,38+,39+,41+/m0/s1. The van der Waals surface area contributed by atoms with E-state index in [-0.39, 0.29) is 6.42 Å². The zero-order valence-electron chi connectivity index (χ0n) is 31.7. The Morgan fingerprint density at radius 1 is 0.574 bits per heavy atom. The number of carbonyl (C=O) groups excluding carboxylic acids is 2. The minimum absolute atomic E-state index is 0.212. The van der Waals surface area contributed by atoms with E-state index in [1.807, 2.05) is 24.3 Å². The molecule has 0 fully saturated rings. The average Bonchev–Trinajstić information content (AvgIpc) is 3.18. The second-order valence-corrected chi connectivity index (χ2v) is 12.6. The Morgan fingerprint density at radius 2 is 1.15 bits per heavy atom. The highest BCUT2D eigenvalue weighted by Gasteiger charge is 2.48. The number of benzene rings is 4. The Bertz CT molecular complexity index is 2020. The number of methoxy groups -OCH3 is 7. The predicted octanol–water partition coefficient (Wildman–Crippen LogP) is 6.55. The van der Waals surface area contributed by atoms with E-state index in [9.17, 15) is 9.59 Å². The van der Waals surface area contributed by atoms with Crippen molar-refractivity contribution >= 4 is 11.9 Å². The fourth-order valence-electron chi connectivity index (χ4n) is 7.27. The molecule has 0 bridgehead atoms. The molecular formula is C41H44O13. The molecule has 0 aliphatic carbocycles. The quantitative estimate of drug-likeness (QED) is 0.145. The molecule has 0 spiro atoms. The van der Waals surface area contributed by atoms with E-state index in [4.69, 9.17) is 52.1 Å². The molecule has 4 aromatic rings. The molecular weight excluding hydrogens is 700 g/mol. The molecule has 0 radical (unpaired) electrons. The van der Waals surface area contributed by atoms with Gasteiger partial charge in [0.05, 0.1) is 55.7 Å². The van der Waals surface area contributed by atoms with Gasteiger partial charge < -0.3 is 52.1 Å². The lowest BCUT2D eigenvalue weighted by molar-refractivity contribution is -0.153. The molecule has 13 heteroatoms. The first-order valence-electron chi connectivity index (χ1n) is 17.2. The molecule has 13 nitrogen and oxygen atoms in total. The topological polar surface area (TPSA) is 136 Å². The third-order valence-electron chi connectivity index (χ3n) is 9.61. The van der Waals surface area contributed by atoms with Crippen LogP contribution in [-0.4, -0.2) is 73.9 Å². The Hall–Kier alpha value is -5.98. The molecule has 0 N–H and O–H groups in total. The Kier molecular flexibility index (Phi) is 11.2. The maximum absolute atomic E-state index is 13.0. The third-order valence-corrected chi connectivity index (χ3v) is 9.61. The number of fused-ring (bicyclic) bond motifs is 2. The molecule has 2 aliphatic rings. The fourth-order valence-corrected chi connectivity index (χ4v) is 7.27. The summed E-state index contributed by atoms with van der Waals surface area (Å²) in [7, 11) is 10.8. The molecule has 0 unspecified atom stereocenters. The Balaban J connectivity index is 1.63. The lowest BCUT2D eigenvalue weighted by atomic mass is 9.77. The van der Waals surface area contributed by atoms with Crippen LogP contribution in [0.15, 0.2) is 60.7 Å². The monoisotopic (exact) mass is 744 g/mol. The van der Waals surface area contributed by atoms with Crippen molar-refractivity contribution in [1.82, 2.24) is 0 Å². The summed E-state index contributed by atoms with van der Waals surface area (Å²) in [5.74, 6) is 2.52. The van der Waals surface area contributed by atoms with Crippen LogP contribution in [0.2, 0.25) is 0 Å². The smallest absolute Gasteiger partial charge is 0.303 e. The van der Waals surface area contributed by atoms with Crippen LogP contribution in [0, 0.1) is 0 Å². The van der Waals surface area contributed by atoms with Gasteiger partial charge in [-0.2, -0.15) is 0 Å². The van der Waals surface area contributed by atoms with Crippen LogP contribution in [-0.2, 0) is 25.5 Å². The first-order valence-corrected chi connectivity index (χ1v) is 17.2. The van der Waals surface area contributed by atoms with E-state index in [1.54, 1.807) is 79.1 Å². The second-order valence-electron chi connectivity index (χ2n) is 12.6. The van der Waals surface area contributed by atoms with E-state index < -0.39 is 42.3 Å². The number of ether oxygens (including phenoxy) is 11. The van der Waals surface area contributed by atoms with E-state index >= 15 is 0 Å². The first kappa shape index (κ1) is 37.8. The SMILES string of the molecule is COc1ccc2c(c1)O[C@H](c1ccc(OC)c(OC)c1)[C@H](OC(C)=O)[C@H]2c1c(OC)cc(OC)c2c1O[C@H](c1ccc(OC)c(OC)c1)[C@@H](OC(C)=O)C2. The number of hydrogen-bond donors (Lipinski definition) is 0. The van der Waals surface area contributed by atoms with Gasteiger partial charge in [0.25, 0.3) is 0 Å². The van der Waals surface area contributed by atoms with Crippen molar-refractivity contribution in [3.05, 3.63) is 88.5 Å². The first-order chi connectivity index (χ1) is 26.1. The molecule has 4 aromatic carbocycles. The third kappa shape index (κ3) is 7.05. The summed E-state index contributed by atoms with van der Waals surface area (Å²) in [6.07, 6.45) is -3.20.